The fourth-order valence-electron chi connectivity index (χ4n) is 2.29. The van der Waals surface area contributed by atoms with Gasteiger partial charge in [0.25, 0.3) is 0 Å². The van der Waals surface area contributed by atoms with Crippen LogP contribution >= 0.6 is 15.9 Å². The van der Waals surface area contributed by atoms with Gasteiger partial charge in [-0.2, -0.15) is 0 Å². The van der Waals surface area contributed by atoms with Gasteiger partial charge in [0.15, 0.2) is 0 Å². The number of amides is 2. The topological polar surface area (TPSA) is 124 Å². The SMILES string of the molecule is CO/N=C/c1c(N)ncnc1Oc1ccc(NC(=O)Nc2ccc(F)cc2)c(Br)c1. The number of rotatable bonds is 6. The number of nitrogens with one attached hydrogen (secondary N) is 2. The highest BCUT2D eigenvalue weighted by molar-refractivity contribution is 9.10. The molecule has 3 aromatic rings. The molecule has 9 nitrogen and oxygen atoms in total. The number of oxime groups is 1. The van der Waals surface area contributed by atoms with Gasteiger partial charge in [0.05, 0.1) is 11.9 Å². The number of nitrogen functional groups attached to an aromatic ring is 1. The molecule has 0 fully saturated rings. The summed E-state index contributed by atoms with van der Waals surface area (Å²) in [5.74, 6) is 0.401. The van der Waals surface area contributed by atoms with Crippen molar-refractivity contribution in [2.24, 2.45) is 5.16 Å². The van der Waals surface area contributed by atoms with Gasteiger partial charge in [-0.1, -0.05) is 5.16 Å². The molecule has 3 rings (SSSR count). The first-order valence-corrected chi connectivity index (χ1v) is 9.23. The van der Waals surface area contributed by atoms with E-state index in [-0.39, 0.29) is 17.5 Å². The number of anilines is 3. The van der Waals surface area contributed by atoms with Gasteiger partial charge in [-0.05, 0) is 58.4 Å². The third kappa shape index (κ3) is 5.41. The molecule has 0 spiro atoms. The Bertz CT molecular complexity index is 1080. The maximum absolute atomic E-state index is 13.0. The van der Waals surface area contributed by atoms with Crippen LogP contribution in [0.5, 0.6) is 11.6 Å². The standard InChI is InChI=1S/C19H16BrFN6O3/c1-29-25-9-14-17(22)23-10-24-18(14)30-13-6-7-16(15(20)8-13)27-19(28)26-12-4-2-11(21)3-5-12/h2-10H,1H3,(H2,22,23,24)(H2,26,27,28)/b25-9+. The number of urea groups is 1. The highest BCUT2D eigenvalue weighted by Gasteiger charge is 2.12. The molecule has 0 radical (unpaired) electrons. The highest BCUT2D eigenvalue weighted by Crippen LogP contribution is 2.31. The van der Waals surface area contributed by atoms with Crippen molar-refractivity contribution < 1.29 is 18.8 Å². The Hall–Kier alpha value is -3.73. The maximum atomic E-state index is 13.0. The predicted molar refractivity (Wildman–Crippen MR) is 114 cm³/mol. The highest BCUT2D eigenvalue weighted by atomic mass is 79.9. The lowest BCUT2D eigenvalue weighted by molar-refractivity contribution is 0.215. The molecule has 11 heteroatoms. The monoisotopic (exact) mass is 474 g/mol. The molecule has 0 unspecified atom stereocenters. The lowest BCUT2D eigenvalue weighted by atomic mass is 10.3. The number of halogens is 2. The lowest BCUT2D eigenvalue weighted by Gasteiger charge is -2.12. The smallest absolute Gasteiger partial charge is 0.323 e. The summed E-state index contributed by atoms with van der Waals surface area (Å²) in [5, 5.41) is 8.95. The van der Waals surface area contributed by atoms with Crippen LogP contribution in [0.1, 0.15) is 5.56 Å². The van der Waals surface area contributed by atoms with E-state index in [9.17, 15) is 9.18 Å². The number of benzene rings is 2. The molecular formula is C19H16BrFN6O3. The van der Waals surface area contributed by atoms with Crippen molar-refractivity contribution in [2.45, 2.75) is 0 Å². The van der Waals surface area contributed by atoms with Crippen molar-refractivity contribution >= 4 is 45.4 Å². The Labute approximate surface area is 179 Å². The summed E-state index contributed by atoms with van der Waals surface area (Å²) in [5.41, 5.74) is 7.14. The molecule has 2 amide bonds. The molecule has 0 aliphatic carbocycles. The summed E-state index contributed by atoms with van der Waals surface area (Å²) in [7, 11) is 1.39. The molecule has 30 heavy (non-hydrogen) atoms. The fourth-order valence-corrected chi connectivity index (χ4v) is 2.75. The van der Waals surface area contributed by atoms with Crippen LogP contribution in [0.3, 0.4) is 0 Å². The summed E-state index contributed by atoms with van der Waals surface area (Å²) >= 11 is 3.38. The van der Waals surface area contributed by atoms with E-state index in [0.717, 1.165) is 0 Å². The van der Waals surface area contributed by atoms with Crippen LogP contribution in [0.15, 0.2) is 58.4 Å². The average Bonchev–Trinajstić information content (AvgIpc) is 2.71. The molecule has 0 saturated carbocycles. The molecule has 0 aliphatic rings. The van der Waals surface area contributed by atoms with Crippen LogP contribution in [0, 0.1) is 5.82 Å². The third-order valence-electron chi connectivity index (χ3n) is 3.67. The average molecular weight is 475 g/mol. The molecule has 1 heterocycles. The first kappa shape index (κ1) is 21.0. The summed E-state index contributed by atoms with van der Waals surface area (Å²) in [6, 6.07) is 9.84. The van der Waals surface area contributed by atoms with Gasteiger partial charge in [0.1, 0.15) is 36.4 Å². The third-order valence-corrected chi connectivity index (χ3v) is 4.33. The zero-order valence-electron chi connectivity index (χ0n) is 15.6. The van der Waals surface area contributed by atoms with E-state index in [4.69, 9.17) is 10.5 Å². The van der Waals surface area contributed by atoms with Crippen molar-refractivity contribution in [3.05, 3.63) is 64.6 Å². The predicted octanol–water partition coefficient (Wildman–Crippen LogP) is 4.38. The zero-order chi connectivity index (χ0) is 21.5. The van der Waals surface area contributed by atoms with Crippen LogP contribution in [0.2, 0.25) is 0 Å². The van der Waals surface area contributed by atoms with Crippen LogP contribution in [0.4, 0.5) is 26.4 Å². The Morgan fingerprint density at radius 3 is 2.67 bits per heavy atom. The molecule has 0 saturated heterocycles. The van der Waals surface area contributed by atoms with Crippen LogP contribution in [0.25, 0.3) is 0 Å². The van der Waals surface area contributed by atoms with Crippen LogP contribution < -0.4 is 21.1 Å². The second kappa shape index (κ2) is 9.65. The molecule has 154 valence electrons. The molecule has 0 aliphatic heterocycles. The second-order valence-electron chi connectivity index (χ2n) is 5.72. The van der Waals surface area contributed by atoms with Crippen LogP contribution in [-0.2, 0) is 4.84 Å². The molecule has 1 aromatic heterocycles. The largest absolute Gasteiger partial charge is 0.438 e. The summed E-state index contributed by atoms with van der Waals surface area (Å²) in [6.45, 7) is 0. The second-order valence-corrected chi connectivity index (χ2v) is 6.58. The van der Waals surface area contributed by atoms with E-state index in [1.165, 1.54) is 43.9 Å². The number of hydrogen-bond donors (Lipinski definition) is 3. The van der Waals surface area contributed by atoms with Gasteiger partial charge in [0.2, 0.25) is 5.88 Å². The van der Waals surface area contributed by atoms with E-state index in [0.29, 0.717) is 27.2 Å². The quantitative estimate of drug-likeness (QED) is 0.359. The number of carbonyl (C=O) groups is 1. The minimum Gasteiger partial charge on any atom is -0.438 e. The molecule has 0 atom stereocenters. The molecular weight excluding hydrogens is 459 g/mol. The van der Waals surface area contributed by atoms with Gasteiger partial charge in [-0.25, -0.2) is 19.2 Å². The van der Waals surface area contributed by atoms with Crippen molar-refractivity contribution in [3.8, 4) is 11.6 Å². The minimum atomic E-state index is -0.488. The first-order valence-electron chi connectivity index (χ1n) is 8.44. The Morgan fingerprint density at radius 1 is 1.20 bits per heavy atom. The Morgan fingerprint density at radius 2 is 1.97 bits per heavy atom. The van der Waals surface area contributed by atoms with Crippen molar-refractivity contribution in [2.75, 3.05) is 23.5 Å². The van der Waals surface area contributed by atoms with E-state index in [2.05, 4.69) is 46.5 Å². The normalized spacial score (nSPS) is 10.6. The van der Waals surface area contributed by atoms with Gasteiger partial charge >= 0.3 is 6.03 Å². The van der Waals surface area contributed by atoms with Gasteiger partial charge < -0.3 is 25.9 Å². The minimum absolute atomic E-state index is 0.176. The number of nitrogens with zero attached hydrogens (tertiary/aromatic N) is 3. The zero-order valence-corrected chi connectivity index (χ0v) is 17.2. The first-order chi connectivity index (χ1) is 14.5. The fraction of sp³-hybridized carbons (Fsp3) is 0.0526. The molecule has 0 bridgehead atoms. The Balaban J connectivity index is 1.71. The van der Waals surface area contributed by atoms with Crippen molar-refractivity contribution in [1.29, 1.82) is 0 Å². The van der Waals surface area contributed by atoms with Crippen molar-refractivity contribution in [3.63, 3.8) is 0 Å². The van der Waals surface area contributed by atoms with Gasteiger partial charge in [-0.3, -0.25) is 0 Å². The summed E-state index contributed by atoms with van der Waals surface area (Å²) in [4.78, 5) is 24.8. The van der Waals surface area contributed by atoms with Crippen LogP contribution in [-0.4, -0.2) is 29.3 Å². The number of aromatic nitrogens is 2. The summed E-state index contributed by atoms with van der Waals surface area (Å²) < 4.78 is 19.3. The number of hydrogen-bond acceptors (Lipinski definition) is 7. The van der Waals surface area contributed by atoms with E-state index >= 15 is 0 Å². The Kier molecular flexibility index (Phi) is 6.75. The molecule has 2 aromatic carbocycles. The lowest BCUT2D eigenvalue weighted by Crippen LogP contribution is -2.19. The summed E-state index contributed by atoms with van der Waals surface area (Å²) in [6.07, 6.45) is 2.61. The van der Waals surface area contributed by atoms with E-state index in [1.54, 1.807) is 18.2 Å². The van der Waals surface area contributed by atoms with E-state index < -0.39 is 6.03 Å². The number of carbonyl (C=O) groups excluding carboxylic acids is 1. The number of nitrogens with two attached hydrogens (primary N) is 1. The van der Waals surface area contributed by atoms with E-state index in [1.807, 2.05) is 0 Å². The maximum Gasteiger partial charge on any atom is 0.323 e. The van der Waals surface area contributed by atoms with Crippen molar-refractivity contribution in [1.82, 2.24) is 9.97 Å². The van der Waals surface area contributed by atoms with Gasteiger partial charge in [-0.15, -0.1) is 0 Å². The number of ether oxygens (including phenoxy) is 1. The van der Waals surface area contributed by atoms with Gasteiger partial charge in [0, 0.05) is 10.2 Å². The molecule has 4 N–H and O–H groups in total.